The Bertz CT molecular complexity index is 542. The first-order valence-electron chi connectivity index (χ1n) is 6.27. The fourth-order valence-corrected chi connectivity index (χ4v) is 2.25. The number of carbonyl (C=O) groups excluding carboxylic acids is 1. The minimum absolute atomic E-state index is 0.0658. The zero-order valence-electron chi connectivity index (χ0n) is 11.6. The maximum Gasteiger partial charge on any atom is 0.337 e. The molecule has 1 N–H and O–H groups in total. The highest BCUT2D eigenvalue weighted by Gasteiger charge is 2.32. The van der Waals surface area contributed by atoms with E-state index in [4.69, 9.17) is 9.84 Å². The number of carboxylic acid groups (broad SMARTS) is 1. The van der Waals surface area contributed by atoms with E-state index in [-0.39, 0.29) is 12.5 Å². The van der Waals surface area contributed by atoms with E-state index in [2.05, 4.69) is 4.74 Å². The van der Waals surface area contributed by atoms with Crippen LogP contribution in [0.15, 0.2) is 18.2 Å². The molecular weight excluding hydrogens is 262 g/mol. The van der Waals surface area contributed by atoms with Crippen molar-refractivity contribution in [2.24, 2.45) is 0 Å². The van der Waals surface area contributed by atoms with Gasteiger partial charge in [-0.2, -0.15) is 0 Å². The van der Waals surface area contributed by atoms with Gasteiger partial charge in [-0.05, 0) is 25.1 Å². The average Bonchev–Trinajstić information content (AvgIpc) is 2.42. The van der Waals surface area contributed by atoms with Crippen molar-refractivity contribution < 1.29 is 24.2 Å². The van der Waals surface area contributed by atoms with Crippen LogP contribution in [0.2, 0.25) is 0 Å². The van der Waals surface area contributed by atoms with Crippen molar-refractivity contribution in [3.63, 3.8) is 0 Å². The molecule has 6 nitrogen and oxygen atoms in total. The maximum atomic E-state index is 11.5. The molecule has 1 aromatic rings. The zero-order valence-corrected chi connectivity index (χ0v) is 11.6. The maximum absolute atomic E-state index is 11.5. The number of nitrogens with zero attached hydrogens (tertiary/aromatic N) is 1. The Balaban J connectivity index is 2.33. The van der Waals surface area contributed by atoms with Gasteiger partial charge < -0.3 is 19.5 Å². The van der Waals surface area contributed by atoms with Crippen LogP contribution in [0.1, 0.15) is 23.7 Å². The SMILES string of the molecule is COC(=O)c1ccc2c(c1)N(C)C(C)C(CC(=O)O)O2. The van der Waals surface area contributed by atoms with E-state index in [1.165, 1.54) is 7.11 Å². The van der Waals surface area contributed by atoms with Crippen molar-refractivity contribution >= 4 is 17.6 Å². The number of esters is 1. The first-order valence-corrected chi connectivity index (χ1v) is 6.27. The van der Waals surface area contributed by atoms with E-state index in [0.29, 0.717) is 11.3 Å². The highest BCUT2D eigenvalue weighted by Crippen LogP contribution is 2.36. The van der Waals surface area contributed by atoms with Crippen LogP contribution >= 0.6 is 0 Å². The molecule has 0 aromatic heterocycles. The summed E-state index contributed by atoms with van der Waals surface area (Å²) >= 11 is 0. The van der Waals surface area contributed by atoms with Crippen molar-refractivity contribution in [2.75, 3.05) is 19.1 Å². The molecular formula is C14H17NO5. The van der Waals surface area contributed by atoms with Crippen molar-refractivity contribution in [3.05, 3.63) is 23.8 Å². The van der Waals surface area contributed by atoms with Crippen molar-refractivity contribution in [3.8, 4) is 5.75 Å². The molecule has 2 rings (SSSR count). The number of methoxy groups -OCH3 is 1. The van der Waals surface area contributed by atoms with Gasteiger partial charge in [-0.3, -0.25) is 4.79 Å². The highest BCUT2D eigenvalue weighted by molar-refractivity contribution is 5.91. The topological polar surface area (TPSA) is 76.1 Å². The quantitative estimate of drug-likeness (QED) is 0.846. The molecule has 0 saturated heterocycles. The van der Waals surface area contributed by atoms with Gasteiger partial charge in [0, 0.05) is 7.05 Å². The Morgan fingerprint density at radius 1 is 1.45 bits per heavy atom. The Morgan fingerprint density at radius 3 is 2.75 bits per heavy atom. The number of fused-ring (bicyclic) bond motifs is 1. The summed E-state index contributed by atoms with van der Waals surface area (Å²) in [4.78, 5) is 24.3. The van der Waals surface area contributed by atoms with Crippen molar-refractivity contribution in [1.82, 2.24) is 0 Å². The van der Waals surface area contributed by atoms with Crippen LogP contribution in [0.3, 0.4) is 0 Å². The minimum atomic E-state index is -0.898. The average molecular weight is 279 g/mol. The summed E-state index contributed by atoms with van der Waals surface area (Å²) < 4.78 is 10.4. The highest BCUT2D eigenvalue weighted by atomic mass is 16.5. The van der Waals surface area contributed by atoms with Gasteiger partial charge in [-0.25, -0.2) is 4.79 Å². The lowest BCUT2D eigenvalue weighted by atomic mass is 10.0. The lowest BCUT2D eigenvalue weighted by Crippen LogP contribution is -2.47. The molecule has 0 saturated carbocycles. The Kier molecular flexibility index (Phi) is 3.83. The summed E-state index contributed by atoms with van der Waals surface area (Å²) in [5.41, 5.74) is 1.19. The first kappa shape index (κ1) is 14.2. The van der Waals surface area contributed by atoms with Crippen LogP contribution in [0.4, 0.5) is 5.69 Å². The Labute approximate surface area is 116 Å². The van der Waals surface area contributed by atoms with Gasteiger partial charge in [-0.15, -0.1) is 0 Å². The zero-order chi connectivity index (χ0) is 14.9. The van der Waals surface area contributed by atoms with Crippen LogP contribution in [-0.4, -0.2) is 43.3 Å². The monoisotopic (exact) mass is 279 g/mol. The van der Waals surface area contributed by atoms with E-state index in [9.17, 15) is 9.59 Å². The third kappa shape index (κ3) is 2.54. The van der Waals surface area contributed by atoms with Gasteiger partial charge in [-0.1, -0.05) is 0 Å². The van der Waals surface area contributed by atoms with Crippen molar-refractivity contribution in [2.45, 2.75) is 25.5 Å². The van der Waals surface area contributed by atoms with Gasteiger partial charge in [0.05, 0.1) is 30.8 Å². The molecule has 0 bridgehead atoms. The molecule has 0 radical (unpaired) electrons. The van der Waals surface area contributed by atoms with Gasteiger partial charge in [0.2, 0.25) is 0 Å². The first-order chi connectivity index (χ1) is 9.43. The van der Waals surface area contributed by atoms with Crippen LogP contribution in [-0.2, 0) is 9.53 Å². The third-order valence-electron chi connectivity index (χ3n) is 3.56. The predicted molar refractivity (Wildman–Crippen MR) is 72.3 cm³/mol. The summed E-state index contributed by atoms with van der Waals surface area (Å²) in [6.07, 6.45) is -0.488. The molecule has 20 heavy (non-hydrogen) atoms. The molecule has 2 atom stereocenters. The van der Waals surface area contributed by atoms with Gasteiger partial charge in [0.25, 0.3) is 0 Å². The Hall–Kier alpha value is -2.24. The lowest BCUT2D eigenvalue weighted by Gasteiger charge is -2.39. The van der Waals surface area contributed by atoms with Crippen LogP contribution in [0.5, 0.6) is 5.75 Å². The molecule has 108 valence electrons. The van der Waals surface area contributed by atoms with Crippen LogP contribution in [0.25, 0.3) is 0 Å². The number of benzene rings is 1. The van der Waals surface area contributed by atoms with E-state index in [1.54, 1.807) is 18.2 Å². The Morgan fingerprint density at radius 2 is 2.15 bits per heavy atom. The molecule has 6 heteroatoms. The minimum Gasteiger partial charge on any atom is -0.486 e. The number of hydrogen-bond donors (Lipinski definition) is 1. The molecule has 0 spiro atoms. The van der Waals surface area contributed by atoms with E-state index >= 15 is 0 Å². The molecule has 1 aliphatic rings. The molecule has 0 amide bonds. The number of hydrogen-bond acceptors (Lipinski definition) is 5. The smallest absolute Gasteiger partial charge is 0.337 e. The lowest BCUT2D eigenvalue weighted by molar-refractivity contribution is -0.139. The number of likely N-dealkylation sites (N-methyl/N-ethyl adjacent to an activating group) is 1. The number of rotatable bonds is 3. The fraction of sp³-hybridized carbons (Fsp3) is 0.429. The fourth-order valence-electron chi connectivity index (χ4n) is 2.25. The molecule has 0 fully saturated rings. The summed E-state index contributed by atoms with van der Waals surface area (Å²) in [6.45, 7) is 1.89. The summed E-state index contributed by atoms with van der Waals surface area (Å²) in [5, 5.41) is 8.91. The molecule has 2 unspecified atom stereocenters. The van der Waals surface area contributed by atoms with Gasteiger partial charge >= 0.3 is 11.9 Å². The van der Waals surface area contributed by atoms with E-state index < -0.39 is 18.0 Å². The third-order valence-corrected chi connectivity index (χ3v) is 3.56. The normalized spacial score (nSPS) is 20.9. The largest absolute Gasteiger partial charge is 0.486 e. The number of carboxylic acids is 1. The van der Waals surface area contributed by atoms with Crippen LogP contribution < -0.4 is 9.64 Å². The standard InChI is InChI=1S/C14H17NO5/c1-8-12(7-13(16)17)20-11-5-4-9(14(18)19-3)6-10(11)15(8)2/h4-6,8,12H,7H2,1-3H3,(H,16,17). The number of aliphatic carboxylic acids is 1. The number of ether oxygens (including phenoxy) is 2. The van der Waals surface area contributed by atoms with E-state index in [1.807, 2.05) is 18.9 Å². The second-order valence-corrected chi connectivity index (χ2v) is 4.78. The van der Waals surface area contributed by atoms with Crippen molar-refractivity contribution in [1.29, 1.82) is 0 Å². The van der Waals surface area contributed by atoms with Gasteiger partial charge in [0.1, 0.15) is 11.9 Å². The molecule has 1 aromatic carbocycles. The van der Waals surface area contributed by atoms with Crippen LogP contribution in [0, 0.1) is 0 Å². The number of anilines is 1. The number of carbonyl (C=O) groups is 2. The second kappa shape index (κ2) is 5.40. The summed E-state index contributed by atoms with van der Waals surface area (Å²) in [5.74, 6) is -0.740. The molecule has 1 heterocycles. The molecule has 0 aliphatic carbocycles. The van der Waals surface area contributed by atoms with Gasteiger partial charge in [0.15, 0.2) is 0 Å². The van der Waals surface area contributed by atoms with E-state index in [0.717, 1.165) is 5.69 Å². The summed E-state index contributed by atoms with van der Waals surface area (Å²) in [7, 11) is 3.18. The predicted octanol–water partition coefficient (Wildman–Crippen LogP) is 1.53. The second-order valence-electron chi connectivity index (χ2n) is 4.78. The molecule has 1 aliphatic heterocycles. The summed E-state index contributed by atoms with van der Waals surface area (Å²) in [6, 6.07) is 4.85.